The monoisotopic (exact) mass is 1210 g/mol. The molecule has 27 nitrogen and oxygen atoms in total. The Labute approximate surface area is 494 Å². The molecular weight excluding hydrogens is 1160 g/mol. The van der Waals surface area contributed by atoms with Crippen molar-refractivity contribution in [3.05, 3.63) is 215 Å². The number of rotatable bonds is 17. The van der Waals surface area contributed by atoms with Gasteiger partial charge in [0.2, 0.25) is 17.5 Å². The average Bonchev–Trinajstić information content (AvgIpc) is 4.23. The van der Waals surface area contributed by atoms with E-state index in [1.807, 2.05) is 0 Å². The number of halogens is 4. The van der Waals surface area contributed by atoms with Gasteiger partial charge in [0.15, 0.2) is 46.0 Å². The Bertz CT molecular complexity index is 4110. The molecule has 8 aromatic heterocycles. The number of carboxylic acids is 2. The smallest absolute Gasteiger partial charge is 0.378 e. The first-order valence-corrected chi connectivity index (χ1v) is 25.1. The Morgan fingerprint density at radius 2 is 0.784 bits per heavy atom. The van der Waals surface area contributed by atoms with E-state index >= 15 is 0 Å². The molecule has 0 fully saturated rings. The lowest BCUT2D eigenvalue weighted by atomic mass is 10.2. The van der Waals surface area contributed by atoms with Crippen molar-refractivity contribution in [3.8, 4) is 46.1 Å². The highest BCUT2D eigenvalue weighted by Crippen LogP contribution is 2.22. The molecule has 0 aliphatic carbocycles. The van der Waals surface area contributed by atoms with Crippen LogP contribution in [0, 0.1) is 23.3 Å². The van der Waals surface area contributed by atoms with Gasteiger partial charge in [0, 0.05) is 53.4 Å². The summed E-state index contributed by atoms with van der Waals surface area (Å²) in [6.45, 7) is 3.49. The number of carbonyl (C=O) groups is 4. The first-order chi connectivity index (χ1) is 41.6. The molecule has 0 amide bonds. The van der Waals surface area contributed by atoms with Crippen LogP contribution in [0.4, 0.5) is 17.6 Å². The molecule has 0 unspecified atom stereocenters. The standard InChI is InChI=1S/C15H13FN4O3.C14H11FN4O2.2C13H9FN4O3.2CH4/c1-2-22-15(21)13-17-14(12-7-8-23-19-12)20(18-13)9-10-5-3-4-6-11(10)16;1-9(20)14-16-13(12-6-7-21-18-12)17-19(14)8-10-4-2-3-5-11(10)15;14-9-4-2-1-3-8(9)7-18-12(10-5-6-21-17-10)15-11(16-18)13(19)20;14-9-4-2-1-3-8(9)7-18-12(13(19)20)15-11(16-18)10-5-6-21-17-10;;/h3-8H,2,9H2,1H3;2-7H,8H2,1H3;2*1-6H,7H2,(H,19,20);2*1H4. The van der Waals surface area contributed by atoms with E-state index in [0.717, 1.165) is 4.68 Å². The number of benzene rings is 4. The van der Waals surface area contributed by atoms with Gasteiger partial charge in [-0.2, -0.15) is 15.0 Å². The molecule has 31 heteroatoms. The highest BCUT2D eigenvalue weighted by molar-refractivity contribution is 5.91. The van der Waals surface area contributed by atoms with Crippen molar-refractivity contribution in [2.45, 2.75) is 54.9 Å². The van der Waals surface area contributed by atoms with E-state index in [1.54, 1.807) is 91.9 Å². The molecule has 0 saturated heterocycles. The largest absolute Gasteiger partial charge is 0.475 e. The normalized spacial score (nSPS) is 10.5. The predicted octanol–water partition coefficient (Wildman–Crippen LogP) is 9.53. The maximum atomic E-state index is 13.8. The number of aromatic nitrogens is 16. The van der Waals surface area contributed by atoms with Crippen LogP contribution in [0.25, 0.3) is 46.1 Å². The fourth-order valence-corrected chi connectivity index (χ4v) is 7.66. The molecule has 88 heavy (non-hydrogen) atoms. The minimum atomic E-state index is -1.27. The van der Waals surface area contributed by atoms with Crippen LogP contribution in [0.2, 0.25) is 0 Å². The van der Waals surface area contributed by atoms with E-state index in [2.05, 4.69) is 65.5 Å². The molecular formula is C57H50F4N16O11. The summed E-state index contributed by atoms with van der Waals surface area (Å²) in [7, 11) is 0. The maximum absolute atomic E-state index is 13.8. The molecule has 0 aliphatic rings. The molecule has 0 spiro atoms. The van der Waals surface area contributed by atoms with Crippen LogP contribution in [0.5, 0.6) is 0 Å². The Morgan fingerprint density at radius 1 is 0.443 bits per heavy atom. The number of esters is 1. The fraction of sp³-hybridized carbons (Fsp3) is 0.158. The summed E-state index contributed by atoms with van der Waals surface area (Å²) in [5.74, 6) is -4.77. The van der Waals surface area contributed by atoms with Crippen LogP contribution in [0.3, 0.4) is 0 Å². The third-order valence-corrected chi connectivity index (χ3v) is 11.6. The summed E-state index contributed by atoms with van der Waals surface area (Å²) < 4.78 is 83.9. The number of ketones is 1. The Morgan fingerprint density at radius 3 is 1.12 bits per heavy atom. The zero-order valence-corrected chi connectivity index (χ0v) is 44.6. The van der Waals surface area contributed by atoms with Crippen molar-refractivity contribution in [3.63, 3.8) is 0 Å². The first kappa shape index (κ1) is 63.7. The van der Waals surface area contributed by atoms with Gasteiger partial charge in [-0.15, -0.1) is 20.4 Å². The van der Waals surface area contributed by atoms with Crippen molar-refractivity contribution in [2.24, 2.45) is 0 Å². The number of aromatic carboxylic acids is 2. The van der Waals surface area contributed by atoms with Crippen LogP contribution < -0.4 is 0 Å². The fourth-order valence-electron chi connectivity index (χ4n) is 7.66. The average molecular weight is 1210 g/mol. The first-order valence-electron chi connectivity index (χ1n) is 25.1. The SMILES string of the molecule is C.C.CC(=O)c1nc(-c2ccon2)nn1Cc1ccccc1F.CCOC(=O)c1nc(-c2ccon2)n(Cc2ccccc2F)n1.O=C(O)c1nc(-c2ccon2)n(Cc2ccccc2F)n1.O=C(O)c1nc(-c2ccon2)nn1Cc1ccccc1F. The van der Waals surface area contributed by atoms with E-state index in [0.29, 0.717) is 50.9 Å². The lowest BCUT2D eigenvalue weighted by Gasteiger charge is -2.05. The van der Waals surface area contributed by atoms with Gasteiger partial charge in [-0.1, -0.05) is 108 Å². The van der Waals surface area contributed by atoms with E-state index < -0.39 is 29.5 Å². The van der Waals surface area contributed by atoms with Crippen molar-refractivity contribution >= 4 is 23.7 Å². The van der Waals surface area contributed by atoms with Gasteiger partial charge < -0.3 is 33.0 Å². The maximum Gasteiger partial charge on any atom is 0.378 e. The Hall–Kier alpha value is -11.9. The summed E-state index contributed by atoms with van der Waals surface area (Å²) in [6.07, 6.45) is 5.42. The van der Waals surface area contributed by atoms with Crippen LogP contribution in [0.15, 0.2) is 164 Å². The van der Waals surface area contributed by atoms with Gasteiger partial charge in [-0.25, -0.2) is 55.7 Å². The summed E-state index contributed by atoms with van der Waals surface area (Å²) in [5.41, 5.74) is 2.97. The number of ether oxygens (including phenoxy) is 1. The van der Waals surface area contributed by atoms with Crippen molar-refractivity contribution in [1.82, 2.24) is 79.7 Å². The van der Waals surface area contributed by atoms with Crippen molar-refractivity contribution in [2.75, 3.05) is 6.61 Å². The number of hydrogen-bond acceptors (Lipinski definition) is 21. The van der Waals surface area contributed by atoms with E-state index in [1.165, 1.54) is 82.4 Å². The second-order valence-corrected chi connectivity index (χ2v) is 17.5. The summed E-state index contributed by atoms with van der Waals surface area (Å²) in [6, 6.07) is 31.1. The second-order valence-electron chi connectivity index (χ2n) is 17.5. The topological polar surface area (TPSA) is 345 Å². The number of carbonyl (C=O) groups excluding carboxylic acids is 2. The minimum Gasteiger partial charge on any atom is -0.475 e. The predicted molar refractivity (Wildman–Crippen MR) is 297 cm³/mol. The molecule has 0 atom stereocenters. The summed E-state index contributed by atoms with van der Waals surface area (Å²) in [5, 5.41) is 49.2. The van der Waals surface area contributed by atoms with Gasteiger partial charge in [0.25, 0.3) is 11.6 Å². The summed E-state index contributed by atoms with van der Waals surface area (Å²) >= 11 is 0. The van der Waals surface area contributed by atoms with Crippen molar-refractivity contribution < 1.29 is 69.8 Å². The number of hydrogen-bond donors (Lipinski definition) is 2. The van der Waals surface area contributed by atoms with Gasteiger partial charge in [-0.05, 0) is 31.2 Å². The van der Waals surface area contributed by atoms with Gasteiger partial charge >= 0.3 is 17.9 Å². The lowest BCUT2D eigenvalue weighted by molar-refractivity contribution is 0.0510. The number of nitrogens with zero attached hydrogens (tertiary/aromatic N) is 16. The molecule has 2 N–H and O–H groups in total. The molecule has 0 bridgehead atoms. The van der Waals surface area contributed by atoms with Crippen LogP contribution in [-0.4, -0.2) is 120 Å². The Balaban J connectivity index is 0.000000166. The molecule has 452 valence electrons. The number of Topliss-reactive ketones (excluding diaryl/α,β-unsaturated/α-hetero) is 1. The number of carboxylic acid groups (broad SMARTS) is 2. The molecule has 0 aliphatic heterocycles. The van der Waals surface area contributed by atoms with Crippen molar-refractivity contribution in [1.29, 1.82) is 0 Å². The molecule has 0 saturated carbocycles. The third kappa shape index (κ3) is 15.6. The Kier molecular flexibility index (Phi) is 21.4. The van der Waals surface area contributed by atoms with Gasteiger partial charge in [-0.3, -0.25) is 4.79 Å². The quantitative estimate of drug-likeness (QED) is 0.0486. The van der Waals surface area contributed by atoms with E-state index in [9.17, 15) is 36.7 Å². The lowest BCUT2D eigenvalue weighted by Crippen LogP contribution is -2.12. The third-order valence-electron chi connectivity index (χ3n) is 11.6. The van der Waals surface area contributed by atoms with Gasteiger partial charge in [0.1, 0.15) is 48.3 Å². The molecule has 0 radical (unpaired) electrons. The molecule has 12 rings (SSSR count). The van der Waals surface area contributed by atoms with Crippen LogP contribution >= 0.6 is 0 Å². The molecule has 4 aromatic carbocycles. The van der Waals surface area contributed by atoms with E-state index in [-0.39, 0.29) is 106 Å². The highest BCUT2D eigenvalue weighted by Gasteiger charge is 2.24. The van der Waals surface area contributed by atoms with Crippen LogP contribution in [-0.2, 0) is 30.9 Å². The second kappa shape index (κ2) is 29.6. The summed E-state index contributed by atoms with van der Waals surface area (Å²) in [4.78, 5) is 61.7. The van der Waals surface area contributed by atoms with Crippen LogP contribution in [0.1, 0.15) is 93.4 Å². The van der Waals surface area contributed by atoms with E-state index in [4.69, 9.17) is 28.5 Å². The molecule has 12 aromatic rings. The minimum absolute atomic E-state index is 0. The zero-order chi connectivity index (χ0) is 60.7. The van der Waals surface area contributed by atoms with Gasteiger partial charge in [0.05, 0.1) is 32.8 Å². The highest BCUT2D eigenvalue weighted by atomic mass is 19.1. The zero-order valence-electron chi connectivity index (χ0n) is 44.6. The molecule has 8 heterocycles.